The summed E-state index contributed by atoms with van der Waals surface area (Å²) in [5.74, 6) is -1.16. The summed E-state index contributed by atoms with van der Waals surface area (Å²) in [7, 11) is 1.69. The number of nitrogens with two attached hydrogens (primary N) is 1. The molecule has 1 aromatic rings. The van der Waals surface area contributed by atoms with Crippen LogP contribution in [0.25, 0.3) is 0 Å². The van der Waals surface area contributed by atoms with E-state index >= 15 is 0 Å². The van der Waals surface area contributed by atoms with Crippen LogP contribution >= 0.6 is 0 Å². The number of anilines is 1. The van der Waals surface area contributed by atoms with Gasteiger partial charge in [-0.2, -0.15) is 0 Å². The molecule has 1 saturated carbocycles. The van der Waals surface area contributed by atoms with Crippen molar-refractivity contribution in [2.24, 2.45) is 11.7 Å². The zero-order chi connectivity index (χ0) is 13.4. The standard InChI is InChI=1S/C13H17F2N3/c1-7(8-3-4-8)18(2)12-10(14)5-9(13(16)17)6-11(12)15/h5-8H,3-4H2,1-2H3,(H3,16,17). The molecule has 1 aromatic carbocycles. The highest BCUT2D eigenvalue weighted by molar-refractivity contribution is 5.95. The Balaban J connectivity index is 2.35. The molecule has 5 heteroatoms. The van der Waals surface area contributed by atoms with E-state index in [2.05, 4.69) is 0 Å². The molecule has 0 spiro atoms. The molecule has 1 unspecified atom stereocenters. The van der Waals surface area contributed by atoms with Gasteiger partial charge in [-0.25, -0.2) is 8.78 Å². The van der Waals surface area contributed by atoms with E-state index in [9.17, 15) is 8.78 Å². The molecule has 3 nitrogen and oxygen atoms in total. The van der Waals surface area contributed by atoms with E-state index < -0.39 is 11.6 Å². The Labute approximate surface area is 105 Å². The first-order chi connectivity index (χ1) is 8.41. The molecule has 18 heavy (non-hydrogen) atoms. The Morgan fingerprint density at radius 1 is 1.39 bits per heavy atom. The van der Waals surface area contributed by atoms with Gasteiger partial charge in [-0.1, -0.05) is 0 Å². The molecule has 0 saturated heterocycles. The average Bonchev–Trinajstić information content (AvgIpc) is 3.10. The van der Waals surface area contributed by atoms with Gasteiger partial charge in [0.2, 0.25) is 0 Å². The van der Waals surface area contributed by atoms with Crippen molar-refractivity contribution in [2.75, 3.05) is 11.9 Å². The first-order valence-corrected chi connectivity index (χ1v) is 5.98. The SMILES string of the molecule is CC(C1CC1)N(C)c1c(F)cc(C(=N)N)cc1F. The van der Waals surface area contributed by atoms with Gasteiger partial charge in [-0.15, -0.1) is 0 Å². The van der Waals surface area contributed by atoms with Crippen molar-refractivity contribution in [3.63, 3.8) is 0 Å². The lowest BCUT2D eigenvalue weighted by molar-refractivity contribution is 0.542. The number of hydrogen-bond acceptors (Lipinski definition) is 2. The number of benzene rings is 1. The van der Waals surface area contributed by atoms with E-state index in [-0.39, 0.29) is 23.1 Å². The van der Waals surface area contributed by atoms with Crippen molar-refractivity contribution in [3.05, 3.63) is 29.3 Å². The fourth-order valence-corrected chi connectivity index (χ4v) is 2.16. The lowest BCUT2D eigenvalue weighted by Crippen LogP contribution is -2.32. The smallest absolute Gasteiger partial charge is 0.150 e. The van der Waals surface area contributed by atoms with Crippen LogP contribution in [-0.2, 0) is 0 Å². The molecule has 0 amide bonds. The van der Waals surface area contributed by atoms with Crippen LogP contribution in [0.3, 0.4) is 0 Å². The summed E-state index contributed by atoms with van der Waals surface area (Å²) in [6, 6.07) is 2.32. The van der Waals surface area contributed by atoms with Gasteiger partial charge in [0, 0.05) is 18.7 Å². The van der Waals surface area contributed by atoms with Gasteiger partial charge in [0.15, 0.2) is 0 Å². The monoisotopic (exact) mass is 253 g/mol. The Morgan fingerprint density at radius 3 is 2.28 bits per heavy atom. The summed E-state index contributed by atoms with van der Waals surface area (Å²) < 4.78 is 27.9. The quantitative estimate of drug-likeness (QED) is 0.640. The summed E-state index contributed by atoms with van der Waals surface area (Å²) in [6.07, 6.45) is 2.22. The molecule has 2 rings (SSSR count). The van der Waals surface area contributed by atoms with Crippen molar-refractivity contribution < 1.29 is 8.78 Å². The zero-order valence-electron chi connectivity index (χ0n) is 10.5. The minimum Gasteiger partial charge on any atom is -0.384 e. The molecule has 0 radical (unpaired) electrons. The third-order valence-corrected chi connectivity index (χ3v) is 3.60. The predicted molar refractivity (Wildman–Crippen MR) is 68.0 cm³/mol. The molecule has 0 aliphatic heterocycles. The molecule has 0 bridgehead atoms. The maximum absolute atomic E-state index is 13.9. The van der Waals surface area contributed by atoms with E-state index in [0.717, 1.165) is 25.0 Å². The number of nitrogens with zero attached hydrogens (tertiary/aromatic N) is 1. The maximum atomic E-state index is 13.9. The molecule has 98 valence electrons. The number of hydrogen-bond donors (Lipinski definition) is 2. The van der Waals surface area contributed by atoms with E-state index in [0.29, 0.717) is 5.92 Å². The molecule has 1 aliphatic carbocycles. The van der Waals surface area contributed by atoms with Crippen LogP contribution in [0.4, 0.5) is 14.5 Å². The van der Waals surface area contributed by atoms with Crippen molar-refractivity contribution in [1.82, 2.24) is 0 Å². The van der Waals surface area contributed by atoms with Crippen LogP contribution in [0.2, 0.25) is 0 Å². The van der Waals surface area contributed by atoms with Crippen molar-refractivity contribution in [2.45, 2.75) is 25.8 Å². The molecular weight excluding hydrogens is 236 g/mol. The third kappa shape index (κ3) is 2.30. The second kappa shape index (κ2) is 4.55. The van der Waals surface area contributed by atoms with Crippen LogP contribution in [0.15, 0.2) is 12.1 Å². The van der Waals surface area contributed by atoms with E-state index in [1.165, 1.54) is 0 Å². The van der Waals surface area contributed by atoms with Crippen LogP contribution in [-0.4, -0.2) is 18.9 Å². The van der Waals surface area contributed by atoms with Crippen LogP contribution in [0.5, 0.6) is 0 Å². The predicted octanol–water partition coefficient (Wildman–Crippen LogP) is 2.48. The van der Waals surface area contributed by atoms with Gasteiger partial charge >= 0.3 is 0 Å². The van der Waals surface area contributed by atoms with Crippen molar-refractivity contribution in [1.29, 1.82) is 5.41 Å². The number of rotatable bonds is 4. The van der Waals surface area contributed by atoms with Crippen LogP contribution < -0.4 is 10.6 Å². The van der Waals surface area contributed by atoms with Gasteiger partial charge in [-0.3, -0.25) is 5.41 Å². The van der Waals surface area contributed by atoms with E-state index in [4.69, 9.17) is 11.1 Å². The van der Waals surface area contributed by atoms with Gasteiger partial charge in [-0.05, 0) is 37.8 Å². The number of amidine groups is 1. The minimum atomic E-state index is -0.671. The Kier molecular flexibility index (Phi) is 3.24. The van der Waals surface area contributed by atoms with Crippen LogP contribution in [0, 0.1) is 23.0 Å². The van der Waals surface area contributed by atoms with Gasteiger partial charge in [0.05, 0.1) is 0 Å². The second-order valence-corrected chi connectivity index (χ2v) is 4.89. The normalized spacial score (nSPS) is 16.4. The lowest BCUT2D eigenvalue weighted by Gasteiger charge is -2.28. The number of halogens is 2. The summed E-state index contributed by atoms with van der Waals surface area (Å²) in [4.78, 5) is 1.63. The third-order valence-electron chi connectivity index (χ3n) is 3.60. The van der Waals surface area contributed by atoms with Crippen molar-refractivity contribution in [3.8, 4) is 0 Å². The molecular formula is C13H17F2N3. The highest BCUT2D eigenvalue weighted by Gasteiger charge is 2.32. The van der Waals surface area contributed by atoms with Crippen molar-refractivity contribution >= 4 is 11.5 Å². The Bertz CT molecular complexity index is 460. The highest BCUT2D eigenvalue weighted by Crippen LogP contribution is 2.37. The van der Waals surface area contributed by atoms with Gasteiger partial charge in [0.1, 0.15) is 23.2 Å². The fraction of sp³-hybridized carbons (Fsp3) is 0.462. The first-order valence-electron chi connectivity index (χ1n) is 5.98. The minimum absolute atomic E-state index is 0.0422. The average molecular weight is 253 g/mol. The molecule has 3 N–H and O–H groups in total. The molecule has 1 atom stereocenters. The van der Waals surface area contributed by atoms with E-state index in [1.807, 2.05) is 6.92 Å². The summed E-state index contributed by atoms with van der Waals surface area (Å²) >= 11 is 0. The number of nitrogens with one attached hydrogen (secondary N) is 1. The Morgan fingerprint density at radius 2 is 1.89 bits per heavy atom. The Hall–Kier alpha value is -1.65. The largest absolute Gasteiger partial charge is 0.384 e. The fourth-order valence-electron chi connectivity index (χ4n) is 2.16. The topological polar surface area (TPSA) is 53.1 Å². The van der Waals surface area contributed by atoms with Gasteiger partial charge < -0.3 is 10.6 Å². The lowest BCUT2D eigenvalue weighted by atomic mass is 10.1. The second-order valence-electron chi connectivity index (χ2n) is 4.89. The summed E-state index contributed by atoms with van der Waals surface area (Å²) in [5.41, 5.74) is 5.26. The van der Waals surface area contributed by atoms with E-state index in [1.54, 1.807) is 11.9 Å². The summed E-state index contributed by atoms with van der Waals surface area (Å²) in [6.45, 7) is 1.97. The van der Waals surface area contributed by atoms with Gasteiger partial charge in [0.25, 0.3) is 0 Å². The molecule has 1 aliphatic rings. The number of nitrogen functional groups attached to an aromatic ring is 1. The molecule has 1 fully saturated rings. The maximum Gasteiger partial charge on any atom is 0.150 e. The molecule has 0 aromatic heterocycles. The summed E-state index contributed by atoms with van der Waals surface area (Å²) in [5, 5.41) is 7.20. The molecule has 0 heterocycles. The first kappa shape index (κ1) is 12.8. The van der Waals surface area contributed by atoms with Crippen LogP contribution in [0.1, 0.15) is 25.3 Å². The zero-order valence-corrected chi connectivity index (χ0v) is 10.5. The highest BCUT2D eigenvalue weighted by atomic mass is 19.1.